The molecule has 1 rings (SSSR count). The van der Waals surface area contributed by atoms with Crippen LogP contribution in [-0.2, 0) is 4.84 Å². The fourth-order valence-electron chi connectivity index (χ4n) is 0.827. The van der Waals surface area contributed by atoms with Crippen molar-refractivity contribution < 1.29 is 4.84 Å². The molecule has 60 valence electrons. The molecule has 1 N–H and O–H groups in total. The minimum absolute atomic E-state index is 0.664. The summed E-state index contributed by atoms with van der Waals surface area (Å²) in [6, 6.07) is 5.70. The van der Waals surface area contributed by atoms with Gasteiger partial charge in [-0.2, -0.15) is 0 Å². The summed E-state index contributed by atoms with van der Waals surface area (Å²) in [6.45, 7) is 2.00. The monoisotopic (exact) mass is 171 g/mol. The van der Waals surface area contributed by atoms with Crippen molar-refractivity contribution in [3.63, 3.8) is 0 Å². The Morgan fingerprint density at radius 3 is 2.82 bits per heavy atom. The van der Waals surface area contributed by atoms with Crippen molar-refractivity contribution in [2.24, 2.45) is 0 Å². The van der Waals surface area contributed by atoms with Crippen molar-refractivity contribution >= 4 is 17.3 Å². The maximum Gasteiger partial charge on any atom is 0.0793 e. The molecule has 0 amide bonds. The van der Waals surface area contributed by atoms with Gasteiger partial charge in [0.2, 0.25) is 0 Å². The quantitative estimate of drug-likeness (QED) is 0.691. The van der Waals surface area contributed by atoms with E-state index in [1.165, 1.54) is 0 Å². The van der Waals surface area contributed by atoms with E-state index in [4.69, 9.17) is 16.4 Å². The van der Waals surface area contributed by atoms with Crippen molar-refractivity contribution in [3.05, 3.63) is 28.8 Å². The second-order valence-electron chi connectivity index (χ2n) is 2.29. The van der Waals surface area contributed by atoms with Gasteiger partial charge in [0, 0.05) is 0 Å². The Hall–Kier alpha value is -0.730. The summed E-state index contributed by atoms with van der Waals surface area (Å²) in [7, 11) is 1.55. The summed E-state index contributed by atoms with van der Waals surface area (Å²) in [5.74, 6) is 0. The Morgan fingerprint density at radius 1 is 1.45 bits per heavy atom. The first-order chi connectivity index (χ1) is 5.24. The van der Waals surface area contributed by atoms with Gasteiger partial charge in [-0.25, -0.2) is 0 Å². The molecule has 0 fully saturated rings. The van der Waals surface area contributed by atoms with Crippen LogP contribution in [0.3, 0.4) is 0 Å². The van der Waals surface area contributed by atoms with E-state index in [1.54, 1.807) is 7.11 Å². The van der Waals surface area contributed by atoms with Gasteiger partial charge in [-0.1, -0.05) is 17.7 Å². The predicted octanol–water partition coefficient (Wildman–Crippen LogP) is 2.62. The molecule has 0 heterocycles. The van der Waals surface area contributed by atoms with E-state index in [-0.39, 0.29) is 0 Å². The van der Waals surface area contributed by atoms with E-state index in [9.17, 15) is 0 Å². The summed E-state index contributed by atoms with van der Waals surface area (Å²) in [4.78, 5) is 4.73. The fourth-order valence-corrected chi connectivity index (χ4v) is 0.983. The molecule has 0 bridgehead atoms. The van der Waals surface area contributed by atoms with Gasteiger partial charge >= 0.3 is 0 Å². The third kappa shape index (κ3) is 2.10. The average molecular weight is 172 g/mol. The number of benzene rings is 1. The number of nitrogens with one attached hydrogen (secondary N) is 1. The highest BCUT2D eigenvalue weighted by Crippen LogP contribution is 2.22. The van der Waals surface area contributed by atoms with Crippen LogP contribution in [0.2, 0.25) is 5.02 Å². The highest BCUT2D eigenvalue weighted by atomic mass is 35.5. The van der Waals surface area contributed by atoms with Gasteiger partial charge in [-0.15, -0.1) is 0 Å². The number of halogens is 1. The van der Waals surface area contributed by atoms with Crippen molar-refractivity contribution in [1.82, 2.24) is 0 Å². The van der Waals surface area contributed by atoms with Crippen LogP contribution in [0.4, 0.5) is 5.69 Å². The maximum absolute atomic E-state index is 5.83. The van der Waals surface area contributed by atoms with Crippen LogP contribution in [0.25, 0.3) is 0 Å². The van der Waals surface area contributed by atoms with E-state index < -0.39 is 0 Å². The zero-order valence-electron chi connectivity index (χ0n) is 6.52. The Kier molecular flexibility index (Phi) is 2.74. The van der Waals surface area contributed by atoms with Crippen molar-refractivity contribution in [2.75, 3.05) is 12.6 Å². The van der Waals surface area contributed by atoms with Crippen LogP contribution < -0.4 is 5.48 Å². The van der Waals surface area contributed by atoms with E-state index in [0.717, 1.165) is 11.3 Å². The molecule has 0 unspecified atom stereocenters. The number of anilines is 1. The standard InChI is InChI=1S/C8H10ClNO/c1-6-3-4-7(9)8(5-6)10-11-2/h3-5,10H,1-2H3. The van der Waals surface area contributed by atoms with E-state index >= 15 is 0 Å². The number of aryl methyl sites for hydroxylation is 1. The molecule has 2 nitrogen and oxygen atoms in total. The molecule has 0 aliphatic heterocycles. The van der Waals surface area contributed by atoms with Gasteiger partial charge in [0.25, 0.3) is 0 Å². The topological polar surface area (TPSA) is 21.3 Å². The molecular weight excluding hydrogens is 162 g/mol. The molecule has 3 heteroatoms. The van der Waals surface area contributed by atoms with Crippen LogP contribution >= 0.6 is 11.6 Å². The predicted molar refractivity (Wildman–Crippen MR) is 46.8 cm³/mol. The molecule has 0 spiro atoms. The molecular formula is C8H10ClNO. The van der Waals surface area contributed by atoms with Gasteiger partial charge in [0.05, 0.1) is 17.8 Å². The van der Waals surface area contributed by atoms with Gasteiger partial charge in [0.15, 0.2) is 0 Å². The fraction of sp³-hybridized carbons (Fsp3) is 0.250. The highest BCUT2D eigenvalue weighted by molar-refractivity contribution is 6.33. The van der Waals surface area contributed by atoms with Crippen molar-refractivity contribution in [1.29, 1.82) is 0 Å². The lowest BCUT2D eigenvalue weighted by Gasteiger charge is -2.05. The first kappa shape index (κ1) is 8.37. The maximum atomic E-state index is 5.83. The number of rotatable bonds is 2. The van der Waals surface area contributed by atoms with Gasteiger partial charge in [-0.05, 0) is 24.6 Å². The summed E-state index contributed by atoms with van der Waals surface area (Å²) in [5, 5.41) is 0.664. The molecule has 0 aliphatic carbocycles. The van der Waals surface area contributed by atoms with Gasteiger partial charge < -0.3 is 0 Å². The van der Waals surface area contributed by atoms with E-state index in [2.05, 4.69) is 5.48 Å². The highest BCUT2D eigenvalue weighted by Gasteiger charge is 1.97. The molecule has 0 saturated heterocycles. The van der Waals surface area contributed by atoms with Crippen LogP contribution in [0.5, 0.6) is 0 Å². The zero-order valence-corrected chi connectivity index (χ0v) is 7.27. The summed E-state index contributed by atoms with van der Waals surface area (Å²) in [5.41, 5.74) is 4.63. The van der Waals surface area contributed by atoms with Crippen LogP contribution in [0, 0.1) is 6.92 Å². The molecule has 0 aliphatic rings. The summed E-state index contributed by atoms with van der Waals surface area (Å²) >= 11 is 5.83. The third-order valence-electron chi connectivity index (χ3n) is 1.33. The van der Waals surface area contributed by atoms with Crippen molar-refractivity contribution in [3.8, 4) is 0 Å². The normalized spacial score (nSPS) is 9.73. The minimum atomic E-state index is 0.664. The Balaban J connectivity index is 2.93. The third-order valence-corrected chi connectivity index (χ3v) is 1.66. The van der Waals surface area contributed by atoms with Gasteiger partial charge in [0.1, 0.15) is 0 Å². The van der Waals surface area contributed by atoms with Gasteiger partial charge in [-0.3, -0.25) is 10.3 Å². The molecule has 0 aromatic heterocycles. The largest absolute Gasteiger partial charge is 0.279 e. The number of hydrogen-bond donors (Lipinski definition) is 1. The lowest BCUT2D eigenvalue weighted by Crippen LogP contribution is -1.96. The Bertz CT molecular complexity index is 250. The summed E-state index contributed by atoms with van der Waals surface area (Å²) in [6.07, 6.45) is 0. The van der Waals surface area contributed by atoms with E-state index in [0.29, 0.717) is 5.02 Å². The smallest absolute Gasteiger partial charge is 0.0793 e. The molecule has 0 atom stereocenters. The van der Waals surface area contributed by atoms with Crippen molar-refractivity contribution in [2.45, 2.75) is 6.92 Å². The molecule has 0 saturated carbocycles. The van der Waals surface area contributed by atoms with Crippen LogP contribution in [-0.4, -0.2) is 7.11 Å². The lowest BCUT2D eigenvalue weighted by molar-refractivity contribution is 0.271. The lowest BCUT2D eigenvalue weighted by atomic mass is 10.2. The zero-order chi connectivity index (χ0) is 8.27. The Labute approximate surface area is 71.1 Å². The minimum Gasteiger partial charge on any atom is -0.279 e. The summed E-state index contributed by atoms with van der Waals surface area (Å²) < 4.78 is 0. The van der Waals surface area contributed by atoms with Crippen LogP contribution in [0.1, 0.15) is 5.56 Å². The molecule has 11 heavy (non-hydrogen) atoms. The first-order valence-corrected chi connectivity index (χ1v) is 3.67. The average Bonchev–Trinajstić information content (AvgIpc) is 1.98. The molecule has 1 aromatic carbocycles. The van der Waals surface area contributed by atoms with E-state index in [1.807, 2.05) is 25.1 Å². The molecule has 0 radical (unpaired) electrons. The second-order valence-corrected chi connectivity index (χ2v) is 2.70. The second kappa shape index (κ2) is 3.60. The number of hydrogen-bond acceptors (Lipinski definition) is 2. The molecule has 1 aromatic rings. The first-order valence-electron chi connectivity index (χ1n) is 3.29. The SMILES string of the molecule is CONc1cc(C)ccc1Cl. The van der Waals surface area contributed by atoms with Crippen LogP contribution in [0.15, 0.2) is 18.2 Å². The Morgan fingerprint density at radius 2 is 2.18 bits per heavy atom.